The topological polar surface area (TPSA) is 401 Å². The fourth-order valence-electron chi connectivity index (χ4n) is 4.91. The molecular weight excluding hydrogens is 851 g/mol. The Balaban J connectivity index is 1.46. The number of phosphoric acid groups is 3. The summed E-state index contributed by atoms with van der Waals surface area (Å²) in [7, 11) is -16.4. The van der Waals surface area contributed by atoms with Crippen LogP contribution in [0, 0.1) is 5.41 Å². The van der Waals surface area contributed by atoms with E-state index in [4.69, 9.17) is 24.6 Å². The minimum atomic E-state index is -5.58. The number of phosphoric ester groups is 3. The summed E-state index contributed by atoms with van der Waals surface area (Å²) in [6.07, 6.45) is -6.06. The van der Waals surface area contributed by atoms with Gasteiger partial charge in [-0.15, -0.1) is 0 Å². The number of amides is 2. The molecule has 2 amide bonds. The Labute approximate surface area is 327 Å². The van der Waals surface area contributed by atoms with E-state index in [0.29, 0.717) is 12.8 Å². The molecule has 0 spiro atoms. The van der Waals surface area contributed by atoms with E-state index in [1.807, 2.05) is 0 Å². The number of carboxylic acids is 1. The molecule has 11 N–H and O–H groups in total. The lowest BCUT2D eigenvalue weighted by Gasteiger charge is -2.30. The van der Waals surface area contributed by atoms with Gasteiger partial charge in [0, 0.05) is 43.5 Å². The van der Waals surface area contributed by atoms with Crippen LogP contribution in [0.25, 0.3) is 11.2 Å². The minimum Gasteiger partial charge on any atom is -0.481 e. The molecular formula is C27H44N7O19P3S. The van der Waals surface area contributed by atoms with E-state index < -0.39 is 90.5 Å². The molecule has 1 aliphatic rings. The highest BCUT2D eigenvalue weighted by Crippen LogP contribution is 2.61. The van der Waals surface area contributed by atoms with Crippen LogP contribution in [-0.2, 0) is 55.5 Å². The number of aliphatic hydroxyl groups excluding tert-OH is 2. The predicted octanol–water partition coefficient (Wildman–Crippen LogP) is -0.690. The number of hydrogen-bond acceptors (Lipinski definition) is 19. The molecule has 0 aliphatic carbocycles. The summed E-state index contributed by atoms with van der Waals surface area (Å²) >= 11 is 0.982. The third-order valence-corrected chi connectivity index (χ3v) is 11.8. The molecule has 0 radical (unpaired) electrons. The normalized spacial score (nSPS) is 21.4. The summed E-state index contributed by atoms with van der Waals surface area (Å²) in [6, 6.07) is 0. The van der Waals surface area contributed by atoms with Crippen molar-refractivity contribution in [3.63, 3.8) is 0 Å². The third-order valence-electron chi connectivity index (χ3n) is 7.79. The second-order valence-electron chi connectivity index (χ2n) is 12.9. The number of thioether (sulfide) groups is 1. The summed E-state index contributed by atoms with van der Waals surface area (Å²) in [6.45, 7) is 0.319. The number of fused-ring (bicyclic) bond motifs is 1. The number of unbranched alkanes of at least 4 members (excludes halogenated alkanes) is 1. The molecule has 2 aromatic rings. The molecule has 1 fully saturated rings. The van der Waals surface area contributed by atoms with Gasteiger partial charge in [-0.25, -0.2) is 28.6 Å². The van der Waals surface area contributed by atoms with Crippen LogP contribution >= 0.6 is 35.2 Å². The highest BCUT2D eigenvalue weighted by Gasteiger charge is 2.50. The van der Waals surface area contributed by atoms with Gasteiger partial charge < -0.3 is 56.0 Å². The Kier molecular flexibility index (Phi) is 17.7. The first-order valence-corrected chi connectivity index (χ1v) is 22.2. The van der Waals surface area contributed by atoms with Crippen LogP contribution in [0.15, 0.2) is 12.7 Å². The van der Waals surface area contributed by atoms with Crippen molar-refractivity contribution in [2.45, 2.75) is 76.6 Å². The number of aromatic nitrogens is 4. The first kappa shape index (κ1) is 48.4. The van der Waals surface area contributed by atoms with E-state index in [-0.39, 0.29) is 60.2 Å². The lowest BCUT2D eigenvalue weighted by atomic mass is 9.87. The molecule has 1 aliphatic heterocycles. The second-order valence-corrected chi connectivity index (χ2v) is 18.3. The number of nitrogen functional groups attached to an aromatic ring is 1. The largest absolute Gasteiger partial charge is 0.481 e. The number of nitrogens with two attached hydrogens (primary N) is 1. The lowest BCUT2D eigenvalue weighted by Crippen LogP contribution is -2.46. The van der Waals surface area contributed by atoms with Crippen molar-refractivity contribution >= 4 is 75.1 Å². The maximum atomic E-state index is 12.7. The molecule has 322 valence electrons. The maximum Gasteiger partial charge on any atom is 0.481 e. The molecule has 2 aromatic heterocycles. The molecule has 0 bridgehead atoms. The Morgan fingerprint density at radius 1 is 1.00 bits per heavy atom. The summed E-state index contributed by atoms with van der Waals surface area (Å²) in [5.41, 5.74) is 4.21. The Bertz CT molecular complexity index is 1880. The smallest absolute Gasteiger partial charge is 0.481 e. The molecule has 7 unspecified atom stereocenters. The Morgan fingerprint density at radius 2 is 1.67 bits per heavy atom. The van der Waals surface area contributed by atoms with Crippen LogP contribution < -0.4 is 16.4 Å². The Morgan fingerprint density at radius 3 is 2.33 bits per heavy atom. The van der Waals surface area contributed by atoms with Gasteiger partial charge >= 0.3 is 29.4 Å². The lowest BCUT2D eigenvalue weighted by molar-refractivity contribution is -0.137. The average Bonchev–Trinajstić information content (AvgIpc) is 3.66. The summed E-state index contributed by atoms with van der Waals surface area (Å²) < 4.78 is 62.0. The standard InChI is InChI=1S/C27H44N7O19P3S/c1-27(2,22(40)25(41)30-8-7-16(35)29-9-10-57-18(38)6-4-3-5-17(36)37)12-50-56(47,48)53-55(45,46)49-11-15-21(52-54(42,43)44)20(39)26(51-15)34-14-33-19-23(28)31-13-32-24(19)34/h13-15,20-22,26,39-40H,3-12H2,1-2H3,(H,29,35)(H,30,41)(H,36,37)(H,45,46)(H,47,48)(H2,28,31,32)(H2,42,43,44). The number of hydrogen-bond donors (Lipinski definition) is 10. The predicted molar refractivity (Wildman–Crippen MR) is 193 cm³/mol. The van der Waals surface area contributed by atoms with Gasteiger partial charge in [0.1, 0.15) is 36.3 Å². The highest BCUT2D eigenvalue weighted by atomic mass is 32.2. The SMILES string of the molecule is CC(C)(COP(=O)(O)OP(=O)(O)OCC1OC(n2cnc3c(N)ncnc32)C(O)C1OP(=O)(O)O)C(O)C(=O)NCCC(=O)NCCSC(=O)CCCCC(=O)O. The maximum absolute atomic E-state index is 12.7. The van der Waals surface area contributed by atoms with Gasteiger partial charge in [-0.05, 0) is 12.8 Å². The van der Waals surface area contributed by atoms with E-state index in [9.17, 15) is 62.7 Å². The second kappa shape index (κ2) is 20.8. The minimum absolute atomic E-state index is 0.0217. The number of nitrogens with one attached hydrogen (secondary N) is 2. The molecule has 7 atom stereocenters. The zero-order valence-electron chi connectivity index (χ0n) is 30.3. The van der Waals surface area contributed by atoms with E-state index in [1.165, 1.54) is 13.8 Å². The van der Waals surface area contributed by atoms with Crippen molar-refractivity contribution in [2.75, 3.05) is 37.8 Å². The zero-order chi connectivity index (χ0) is 42.8. The number of aliphatic carboxylic acids is 1. The van der Waals surface area contributed by atoms with Gasteiger partial charge in [-0.2, -0.15) is 4.31 Å². The van der Waals surface area contributed by atoms with Gasteiger partial charge in [0.25, 0.3) is 0 Å². The third kappa shape index (κ3) is 15.6. The average molecular weight is 896 g/mol. The Hall–Kier alpha value is -2.97. The molecule has 57 heavy (non-hydrogen) atoms. The summed E-state index contributed by atoms with van der Waals surface area (Å²) in [5.74, 6) is -2.21. The molecule has 30 heteroatoms. The molecule has 1 saturated heterocycles. The molecule has 3 heterocycles. The van der Waals surface area contributed by atoms with Gasteiger partial charge in [0.2, 0.25) is 11.8 Å². The van der Waals surface area contributed by atoms with Crippen molar-refractivity contribution in [3.8, 4) is 0 Å². The van der Waals surface area contributed by atoms with E-state index in [2.05, 4.69) is 34.4 Å². The van der Waals surface area contributed by atoms with Crippen LogP contribution in [0.4, 0.5) is 5.82 Å². The number of rotatable bonds is 24. The molecule has 3 rings (SSSR count). The number of aliphatic hydroxyl groups is 2. The number of imidazole rings is 1. The number of nitrogens with zero attached hydrogens (tertiary/aromatic N) is 4. The number of carboxylic acid groups (broad SMARTS) is 1. The van der Waals surface area contributed by atoms with Crippen LogP contribution in [0.2, 0.25) is 0 Å². The van der Waals surface area contributed by atoms with Crippen molar-refractivity contribution < 1.29 is 90.4 Å². The van der Waals surface area contributed by atoms with Gasteiger partial charge in [-0.3, -0.25) is 37.3 Å². The van der Waals surface area contributed by atoms with Crippen molar-refractivity contribution in [3.05, 3.63) is 12.7 Å². The molecule has 26 nitrogen and oxygen atoms in total. The van der Waals surface area contributed by atoms with Crippen LogP contribution in [0.5, 0.6) is 0 Å². The monoisotopic (exact) mass is 895 g/mol. The quantitative estimate of drug-likeness (QED) is 0.0460. The molecule has 0 aromatic carbocycles. The summed E-state index contributed by atoms with van der Waals surface area (Å²) in [4.78, 5) is 97.8. The number of carbonyl (C=O) groups is 4. The van der Waals surface area contributed by atoms with Crippen molar-refractivity contribution in [2.24, 2.45) is 5.41 Å². The number of ether oxygens (including phenoxy) is 1. The highest BCUT2D eigenvalue weighted by molar-refractivity contribution is 8.13. The van der Waals surface area contributed by atoms with Crippen LogP contribution in [0.3, 0.4) is 0 Å². The van der Waals surface area contributed by atoms with Gasteiger partial charge in [0.15, 0.2) is 22.8 Å². The molecule has 0 saturated carbocycles. The van der Waals surface area contributed by atoms with Crippen LogP contribution in [-0.4, -0.2) is 134 Å². The van der Waals surface area contributed by atoms with Crippen molar-refractivity contribution in [1.82, 2.24) is 30.2 Å². The van der Waals surface area contributed by atoms with E-state index in [0.717, 1.165) is 29.0 Å². The number of carbonyl (C=O) groups excluding carboxylic acids is 3. The van der Waals surface area contributed by atoms with E-state index in [1.54, 1.807) is 0 Å². The van der Waals surface area contributed by atoms with Gasteiger partial charge in [0.05, 0.1) is 19.5 Å². The fourth-order valence-corrected chi connectivity index (χ4v) is 8.46. The first-order valence-electron chi connectivity index (χ1n) is 16.7. The van der Waals surface area contributed by atoms with Gasteiger partial charge in [-0.1, -0.05) is 25.6 Å². The number of anilines is 1. The zero-order valence-corrected chi connectivity index (χ0v) is 33.8. The fraction of sp³-hybridized carbons (Fsp3) is 0.667. The van der Waals surface area contributed by atoms with Crippen LogP contribution in [0.1, 0.15) is 52.2 Å². The first-order chi connectivity index (χ1) is 26.4. The van der Waals surface area contributed by atoms with Crippen molar-refractivity contribution in [1.29, 1.82) is 0 Å². The van der Waals surface area contributed by atoms with E-state index >= 15 is 0 Å². The summed E-state index contributed by atoms with van der Waals surface area (Å²) in [5, 5.41) is 34.7.